The fraction of sp³-hybridized carbons (Fsp3) is 0.263. The molecule has 1 saturated heterocycles. The predicted molar refractivity (Wildman–Crippen MR) is 109 cm³/mol. The molecule has 1 aromatic heterocycles. The Morgan fingerprint density at radius 2 is 2.04 bits per heavy atom. The summed E-state index contributed by atoms with van der Waals surface area (Å²) in [6.45, 7) is 1.96. The topological polar surface area (TPSA) is 59.1 Å². The summed E-state index contributed by atoms with van der Waals surface area (Å²) >= 11 is 6.34. The molecule has 0 aliphatic carbocycles. The van der Waals surface area contributed by atoms with Gasteiger partial charge in [-0.25, -0.2) is 9.97 Å². The Labute approximate surface area is 158 Å². The van der Waals surface area contributed by atoms with Crippen LogP contribution in [0.2, 0.25) is 5.02 Å². The molecule has 0 unspecified atom stereocenters. The highest BCUT2D eigenvalue weighted by Gasteiger charge is 2.17. The second-order valence-electron chi connectivity index (χ2n) is 6.56. The van der Waals surface area contributed by atoms with Gasteiger partial charge in [-0.2, -0.15) is 0 Å². The maximum atomic E-state index is 6.34. The summed E-state index contributed by atoms with van der Waals surface area (Å²) in [6, 6.07) is 11.8. The van der Waals surface area contributed by atoms with E-state index in [0.29, 0.717) is 11.0 Å². The van der Waals surface area contributed by atoms with Gasteiger partial charge in [0.2, 0.25) is 5.95 Å². The van der Waals surface area contributed by atoms with Gasteiger partial charge in [-0.05, 0) is 50.2 Å². The van der Waals surface area contributed by atoms with E-state index in [0.717, 1.165) is 48.3 Å². The molecule has 1 aliphatic rings. The molecular weight excluding hydrogens is 347 g/mol. The van der Waals surface area contributed by atoms with E-state index in [-0.39, 0.29) is 6.10 Å². The highest BCUT2D eigenvalue weighted by atomic mass is 35.5. The average molecular weight is 367 g/mol. The van der Waals surface area contributed by atoms with Crippen molar-refractivity contribution in [3.8, 4) is 5.75 Å². The molecule has 26 heavy (non-hydrogen) atoms. The van der Waals surface area contributed by atoms with Crippen molar-refractivity contribution in [1.29, 1.82) is 0 Å². The van der Waals surface area contributed by atoms with Crippen LogP contribution in [0.4, 0.5) is 11.6 Å². The van der Waals surface area contributed by atoms with E-state index in [2.05, 4.69) is 40.6 Å². The Hall–Kier alpha value is -2.31. The Morgan fingerprint density at radius 1 is 1.19 bits per heavy atom. The molecule has 2 aromatic carbocycles. The summed E-state index contributed by atoms with van der Waals surface area (Å²) < 4.78 is 6.23. The number of piperidine rings is 1. The third-order valence-electron chi connectivity index (χ3n) is 4.51. The minimum Gasteiger partial charge on any atom is -0.488 e. The average Bonchev–Trinajstić information content (AvgIpc) is 2.65. The quantitative estimate of drug-likeness (QED) is 0.695. The van der Waals surface area contributed by atoms with Crippen molar-refractivity contribution >= 4 is 47.4 Å². The number of fused-ring (bicyclic) bond motifs is 1. The normalized spacial score (nSPS) is 15.1. The molecule has 5 nitrogen and oxygen atoms in total. The second-order valence-corrected chi connectivity index (χ2v) is 6.97. The number of benzene rings is 2. The maximum Gasteiger partial charge on any atom is 0.227 e. The van der Waals surface area contributed by atoms with Gasteiger partial charge in [-0.1, -0.05) is 29.2 Å². The second kappa shape index (κ2) is 7.52. The summed E-state index contributed by atoms with van der Waals surface area (Å²) in [5, 5.41) is 8.03. The molecular formula is C19H20BClN4O. The van der Waals surface area contributed by atoms with Crippen molar-refractivity contribution in [2.45, 2.75) is 18.9 Å². The van der Waals surface area contributed by atoms with E-state index in [1.54, 1.807) is 6.20 Å². The van der Waals surface area contributed by atoms with Crippen molar-refractivity contribution in [3.63, 3.8) is 0 Å². The predicted octanol–water partition coefficient (Wildman–Crippen LogP) is 2.42. The fourth-order valence-corrected chi connectivity index (χ4v) is 3.36. The highest BCUT2D eigenvalue weighted by Crippen LogP contribution is 2.32. The molecule has 0 amide bonds. The van der Waals surface area contributed by atoms with Crippen LogP contribution >= 0.6 is 11.6 Å². The van der Waals surface area contributed by atoms with Crippen molar-refractivity contribution < 1.29 is 4.74 Å². The Kier molecular flexibility index (Phi) is 4.95. The number of hydrogen-bond donors (Lipinski definition) is 2. The third kappa shape index (κ3) is 3.76. The zero-order chi connectivity index (χ0) is 17.9. The van der Waals surface area contributed by atoms with E-state index in [1.807, 2.05) is 24.3 Å². The van der Waals surface area contributed by atoms with Gasteiger partial charge < -0.3 is 15.4 Å². The number of nitrogens with one attached hydrogen (secondary N) is 2. The van der Waals surface area contributed by atoms with Gasteiger partial charge in [0.15, 0.2) is 0 Å². The molecule has 0 radical (unpaired) electrons. The van der Waals surface area contributed by atoms with Gasteiger partial charge in [-0.15, -0.1) is 0 Å². The zero-order valence-corrected chi connectivity index (χ0v) is 15.4. The molecule has 3 aromatic rings. The molecule has 1 aliphatic heterocycles. The molecule has 4 rings (SSSR count). The summed E-state index contributed by atoms with van der Waals surface area (Å²) in [5.74, 6) is 1.28. The van der Waals surface area contributed by atoms with Crippen molar-refractivity contribution in [2.24, 2.45) is 0 Å². The molecule has 0 saturated carbocycles. The standard InChI is InChI=1S/C19H20BClN4O/c20-12-2-1-3-13(10-12)24-19-23-11-15-16(21)4-5-17(18(15)25-19)26-14-6-8-22-9-7-14/h1-5,10-11,14,22H,6-9,20H2,(H,23,24,25). The monoisotopic (exact) mass is 366 g/mol. The lowest BCUT2D eigenvalue weighted by molar-refractivity contribution is 0.164. The molecule has 1 fully saturated rings. The molecule has 2 heterocycles. The van der Waals surface area contributed by atoms with Crippen LogP contribution in [0.5, 0.6) is 5.75 Å². The number of nitrogens with zero attached hydrogens (tertiary/aromatic N) is 2. The minimum atomic E-state index is 0.198. The van der Waals surface area contributed by atoms with Gasteiger partial charge in [0, 0.05) is 17.3 Å². The van der Waals surface area contributed by atoms with Crippen molar-refractivity contribution in [2.75, 3.05) is 18.4 Å². The smallest absolute Gasteiger partial charge is 0.227 e. The van der Waals surface area contributed by atoms with Gasteiger partial charge >= 0.3 is 0 Å². The Morgan fingerprint density at radius 3 is 2.85 bits per heavy atom. The van der Waals surface area contributed by atoms with E-state index in [9.17, 15) is 0 Å². The number of halogens is 1. The largest absolute Gasteiger partial charge is 0.488 e. The van der Waals surface area contributed by atoms with Crippen LogP contribution in [0.1, 0.15) is 12.8 Å². The Balaban J connectivity index is 1.67. The first-order valence-electron chi connectivity index (χ1n) is 8.85. The molecule has 7 heteroatoms. The van der Waals surface area contributed by atoms with Crippen molar-refractivity contribution in [3.05, 3.63) is 47.6 Å². The zero-order valence-electron chi connectivity index (χ0n) is 14.6. The van der Waals surface area contributed by atoms with Gasteiger partial charge in [0.1, 0.15) is 25.2 Å². The number of anilines is 2. The van der Waals surface area contributed by atoms with E-state index >= 15 is 0 Å². The summed E-state index contributed by atoms with van der Waals surface area (Å²) in [4.78, 5) is 9.09. The number of rotatable bonds is 4. The molecule has 132 valence electrons. The summed E-state index contributed by atoms with van der Waals surface area (Å²) in [6.07, 6.45) is 3.93. The lowest BCUT2D eigenvalue weighted by atomic mass is 9.96. The Bertz CT molecular complexity index is 931. The van der Waals surface area contributed by atoms with Crippen LogP contribution in [-0.2, 0) is 0 Å². The van der Waals surface area contributed by atoms with Gasteiger partial charge in [-0.3, -0.25) is 0 Å². The number of ether oxygens (including phenoxy) is 1. The van der Waals surface area contributed by atoms with Gasteiger partial charge in [0.05, 0.1) is 5.02 Å². The lowest BCUT2D eigenvalue weighted by Crippen LogP contribution is -2.34. The van der Waals surface area contributed by atoms with Crippen molar-refractivity contribution in [1.82, 2.24) is 15.3 Å². The molecule has 0 atom stereocenters. The maximum absolute atomic E-state index is 6.34. The van der Waals surface area contributed by atoms with Crippen LogP contribution in [0.3, 0.4) is 0 Å². The lowest BCUT2D eigenvalue weighted by Gasteiger charge is -2.24. The van der Waals surface area contributed by atoms with E-state index in [4.69, 9.17) is 16.3 Å². The first kappa shape index (κ1) is 17.1. The summed E-state index contributed by atoms with van der Waals surface area (Å²) in [5.41, 5.74) is 2.86. The van der Waals surface area contributed by atoms with Crippen LogP contribution in [0, 0.1) is 0 Å². The SMILES string of the molecule is Bc1cccc(Nc2ncc3c(Cl)ccc(OC4CCNCC4)c3n2)c1. The third-order valence-corrected chi connectivity index (χ3v) is 4.84. The number of aromatic nitrogens is 2. The molecule has 2 N–H and O–H groups in total. The first-order chi connectivity index (χ1) is 12.7. The van der Waals surface area contributed by atoms with Crippen LogP contribution in [-0.4, -0.2) is 37.0 Å². The van der Waals surface area contributed by atoms with Crippen LogP contribution in [0.25, 0.3) is 10.9 Å². The number of hydrogen-bond acceptors (Lipinski definition) is 5. The first-order valence-corrected chi connectivity index (χ1v) is 9.23. The minimum absolute atomic E-state index is 0.198. The van der Waals surface area contributed by atoms with E-state index in [1.165, 1.54) is 5.46 Å². The fourth-order valence-electron chi connectivity index (χ4n) is 3.16. The molecule has 0 bridgehead atoms. The molecule has 0 spiro atoms. The summed E-state index contributed by atoms with van der Waals surface area (Å²) in [7, 11) is 2.05. The van der Waals surface area contributed by atoms with E-state index < -0.39 is 0 Å². The van der Waals surface area contributed by atoms with Crippen LogP contribution < -0.4 is 20.8 Å². The van der Waals surface area contributed by atoms with Crippen LogP contribution in [0.15, 0.2) is 42.6 Å². The van der Waals surface area contributed by atoms with Gasteiger partial charge in [0.25, 0.3) is 0 Å². The highest BCUT2D eigenvalue weighted by molar-refractivity contribution is 6.35.